The number of aromatic amines is 1. The summed E-state index contributed by atoms with van der Waals surface area (Å²) in [7, 11) is 0. The average Bonchev–Trinajstić information content (AvgIpc) is 2.45. The van der Waals surface area contributed by atoms with Crippen molar-refractivity contribution < 1.29 is 0 Å². The third-order valence-corrected chi connectivity index (χ3v) is 4.38. The molecule has 2 atom stereocenters. The fourth-order valence-corrected chi connectivity index (χ4v) is 3.31. The van der Waals surface area contributed by atoms with Gasteiger partial charge < -0.3 is 10.3 Å². The summed E-state index contributed by atoms with van der Waals surface area (Å²) in [5, 5.41) is 5.16. The lowest BCUT2D eigenvalue weighted by Gasteiger charge is -2.27. The smallest absolute Gasteiger partial charge is 0.257 e. The first-order chi connectivity index (χ1) is 9.72. The topological polar surface area (TPSA) is 44.9 Å². The van der Waals surface area contributed by atoms with Gasteiger partial charge in [-0.25, -0.2) is 0 Å². The van der Waals surface area contributed by atoms with Gasteiger partial charge in [0.25, 0.3) is 5.56 Å². The van der Waals surface area contributed by atoms with E-state index in [4.69, 9.17) is 0 Å². The highest BCUT2D eigenvalue weighted by Crippen LogP contribution is 2.28. The molecular formula is C17H22N2O. The van der Waals surface area contributed by atoms with Gasteiger partial charge >= 0.3 is 0 Å². The van der Waals surface area contributed by atoms with Crippen molar-refractivity contribution in [3.8, 4) is 0 Å². The Bertz CT molecular complexity index is 647. The number of pyridine rings is 1. The van der Waals surface area contributed by atoms with Gasteiger partial charge in [0.05, 0.1) is 0 Å². The molecule has 106 valence electrons. The van der Waals surface area contributed by atoms with Crippen molar-refractivity contribution >= 4 is 16.6 Å². The van der Waals surface area contributed by atoms with Crippen molar-refractivity contribution in [3.63, 3.8) is 0 Å². The molecule has 1 aliphatic carbocycles. The molecule has 3 rings (SSSR count). The minimum absolute atomic E-state index is 0.0115. The largest absolute Gasteiger partial charge is 0.371 e. The van der Waals surface area contributed by atoms with E-state index in [0.29, 0.717) is 0 Å². The molecule has 20 heavy (non-hydrogen) atoms. The zero-order valence-corrected chi connectivity index (χ0v) is 12.0. The Morgan fingerprint density at radius 2 is 2.15 bits per heavy atom. The van der Waals surface area contributed by atoms with E-state index in [-0.39, 0.29) is 5.56 Å². The molecule has 0 radical (unpaired) electrons. The summed E-state index contributed by atoms with van der Waals surface area (Å²) in [5.74, 6) is 2.41. The van der Waals surface area contributed by atoms with E-state index in [1.54, 1.807) is 0 Å². The summed E-state index contributed by atoms with van der Waals surface area (Å²) in [6.45, 7) is 3.29. The van der Waals surface area contributed by atoms with E-state index in [2.05, 4.69) is 17.2 Å². The Kier molecular flexibility index (Phi) is 3.77. The van der Waals surface area contributed by atoms with Gasteiger partial charge in [0.2, 0.25) is 0 Å². The third-order valence-electron chi connectivity index (χ3n) is 4.38. The lowest BCUT2D eigenvalue weighted by molar-refractivity contribution is 0.293. The van der Waals surface area contributed by atoms with Crippen molar-refractivity contribution in [3.05, 3.63) is 40.7 Å². The summed E-state index contributed by atoms with van der Waals surface area (Å²) in [4.78, 5) is 14.9. The number of hydrogen-bond donors (Lipinski definition) is 2. The first-order valence-electron chi connectivity index (χ1n) is 7.58. The second-order valence-corrected chi connectivity index (χ2v) is 6.12. The molecule has 2 N–H and O–H groups in total. The molecule has 0 amide bonds. The quantitative estimate of drug-likeness (QED) is 0.891. The summed E-state index contributed by atoms with van der Waals surface area (Å²) in [5.41, 5.74) is -0.0115. The molecular weight excluding hydrogens is 248 g/mol. The van der Waals surface area contributed by atoms with E-state index < -0.39 is 0 Å². The second kappa shape index (κ2) is 5.70. The molecule has 0 bridgehead atoms. The van der Waals surface area contributed by atoms with Crippen LogP contribution >= 0.6 is 0 Å². The van der Waals surface area contributed by atoms with Crippen LogP contribution in [0, 0.1) is 11.8 Å². The minimum atomic E-state index is -0.0115. The van der Waals surface area contributed by atoms with Crippen LogP contribution < -0.4 is 10.9 Å². The van der Waals surface area contributed by atoms with Crippen molar-refractivity contribution in [1.29, 1.82) is 0 Å². The fourth-order valence-electron chi connectivity index (χ4n) is 3.31. The van der Waals surface area contributed by atoms with Crippen LogP contribution in [-0.4, -0.2) is 11.5 Å². The molecule has 2 aromatic rings. The maximum absolute atomic E-state index is 12.0. The van der Waals surface area contributed by atoms with Gasteiger partial charge in [-0.15, -0.1) is 0 Å². The molecule has 1 aromatic heterocycles. The van der Waals surface area contributed by atoms with Crippen LogP contribution in [0.3, 0.4) is 0 Å². The highest BCUT2D eigenvalue weighted by molar-refractivity contribution is 5.83. The molecule has 1 heterocycles. The van der Waals surface area contributed by atoms with Crippen LogP contribution in [-0.2, 0) is 0 Å². The first-order valence-corrected chi connectivity index (χ1v) is 7.58. The first kappa shape index (κ1) is 13.2. The van der Waals surface area contributed by atoms with Crippen molar-refractivity contribution in [1.82, 2.24) is 4.98 Å². The molecule has 0 saturated heterocycles. The molecule has 3 nitrogen and oxygen atoms in total. The highest BCUT2D eigenvalue weighted by atomic mass is 16.1. The molecule has 3 heteroatoms. The number of aromatic nitrogens is 1. The monoisotopic (exact) mass is 270 g/mol. The number of hydrogen-bond acceptors (Lipinski definition) is 2. The van der Waals surface area contributed by atoms with Gasteiger partial charge in [0, 0.05) is 11.9 Å². The molecule has 2 unspecified atom stereocenters. The van der Waals surface area contributed by atoms with Crippen LogP contribution in [0.5, 0.6) is 0 Å². The summed E-state index contributed by atoms with van der Waals surface area (Å²) in [6.07, 6.45) is 5.30. The highest BCUT2D eigenvalue weighted by Gasteiger charge is 2.18. The van der Waals surface area contributed by atoms with Gasteiger partial charge in [-0.05, 0) is 42.2 Å². The maximum atomic E-state index is 12.0. The minimum Gasteiger partial charge on any atom is -0.371 e. The van der Waals surface area contributed by atoms with Crippen LogP contribution in [0.2, 0.25) is 0 Å². The Hall–Kier alpha value is -1.77. The van der Waals surface area contributed by atoms with Gasteiger partial charge in [-0.3, -0.25) is 4.79 Å². The average molecular weight is 270 g/mol. The number of H-pyrrole nitrogens is 1. The summed E-state index contributed by atoms with van der Waals surface area (Å²) >= 11 is 0. The fraction of sp³-hybridized carbons (Fsp3) is 0.471. The van der Waals surface area contributed by atoms with Gasteiger partial charge in [0.1, 0.15) is 5.82 Å². The van der Waals surface area contributed by atoms with Crippen LogP contribution in [0.15, 0.2) is 35.1 Å². The molecule has 1 aromatic carbocycles. The normalized spacial score (nSPS) is 22.9. The van der Waals surface area contributed by atoms with E-state index in [1.165, 1.54) is 25.7 Å². The van der Waals surface area contributed by atoms with Gasteiger partial charge in [0.15, 0.2) is 0 Å². The Morgan fingerprint density at radius 3 is 3.00 bits per heavy atom. The Morgan fingerprint density at radius 1 is 1.30 bits per heavy atom. The van der Waals surface area contributed by atoms with E-state index >= 15 is 0 Å². The summed E-state index contributed by atoms with van der Waals surface area (Å²) in [6, 6.07) is 9.74. The maximum Gasteiger partial charge on any atom is 0.257 e. The number of rotatable bonds is 3. The molecule has 1 aliphatic rings. The van der Waals surface area contributed by atoms with Crippen molar-refractivity contribution in [2.45, 2.75) is 32.6 Å². The van der Waals surface area contributed by atoms with E-state index in [0.717, 1.165) is 35.0 Å². The zero-order chi connectivity index (χ0) is 13.9. The standard InChI is InChI=1S/C17H22N2O/c1-12-5-4-6-13(9-12)11-18-16-10-14-7-2-3-8-15(14)17(20)19-16/h2-3,7-8,10,12-13H,4-6,9,11H2,1H3,(H2,18,19,20). The van der Waals surface area contributed by atoms with Crippen molar-refractivity contribution in [2.24, 2.45) is 11.8 Å². The van der Waals surface area contributed by atoms with Gasteiger partial charge in [-0.2, -0.15) is 0 Å². The van der Waals surface area contributed by atoms with E-state index in [9.17, 15) is 4.79 Å². The molecule has 1 saturated carbocycles. The van der Waals surface area contributed by atoms with Crippen LogP contribution in [0.1, 0.15) is 32.6 Å². The van der Waals surface area contributed by atoms with Gasteiger partial charge in [-0.1, -0.05) is 38.0 Å². The number of fused-ring (bicyclic) bond motifs is 1. The van der Waals surface area contributed by atoms with E-state index in [1.807, 2.05) is 30.3 Å². The van der Waals surface area contributed by atoms with Crippen LogP contribution in [0.4, 0.5) is 5.82 Å². The Labute approximate surface area is 119 Å². The zero-order valence-electron chi connectivity index (χ0n) is 12.0. The molecule has 1 fully saturated rings. The predicted molar refractivity (Wildman–Crippen MR) is 84.2 cm³/mol. The van der Waals surface area contributed by atoms with Crippen LogP contribution in [0.25, 0.3) is 10.8 Å². The lowest BCUT2D eigenvalue weighted by atomic mass is 9.82. The third kappa shape index (κ3) is 2.87. The SMILES string of the molecule is CC1CCCC(CNc2cc3ccccc3c(=O)[nH]2)C1. The Balaban J connectivity index is 1.73. The molecule has 0 aliphatic heterocycles. The number of anilines is 1. The number of benzene rings is 1. The number of nitrogens with one attached hydrogen (secondary N) is 2. The lowest BCUT2D eigenvalue weighted by Crippen LogP contribution is -2.22. The molecule has 0 spiro atoms. The van der Waals surface area contributed by atoms with Crippen molar-refractivity contribution in [2.75, 3.05) is 11.9 Å². The second-order valence-electron chi connectivity index (χ2n) is 6.12. The predicted octanol–water partition coefficient (Wildman–Crippen LogP) is 3.77. The summed E-state index contributed by atoms with van der Waals surface area (Å²) < 4.78 is 0.